The minimum absolute atomic E-state index is 0.369. The molecule has 0 unspecified atom stereocenters. The van der Waals surface area contributed by atoms with Crippen molar-refractivity contribution in [2.24, 2.45) is 5.10 Å². The van der Waals surface area contributed by atoms with Crippen molar-refractivity contribution < 1.29 is 14.3 Å². The van der Waals surface area contributed by atoms with Crippen molar-refractivity contribution in [2.75, 3.05) is 12.3 Å². The molecule has 0 aliphatic carbocycles. The lowest BCUT2D eigenvalue weighted by molar-refractivity contribution is 0.0956. The van der Waals surface area contributed by atoms with Gasteiger partial charge in [0.2, 0.25) is 0 Å². The summed E-state index contributed by atoms with van der Waals surface area (Å²) in [4.78, 5) is 12.2. The number of hydrogen-bond acceptors (Lipinski definition) is 5. The van der Waals surface area contributed by atoms with Crippen LogP contribution >= 0.6 is 22.6 Å². The van der Waals surface area contributed by atoms with E-state index in [-0.39, 0.29) is 5.91 Å². The van der Waals surface area contributed by atoms with Crippen molar-refractivity contribution in [1.82, 2.24) is 5.43 Å². The summed E-state index contributed by atoms with van der Waals surface area (Å²) in [6.45, 7) is 2.86. The molecule has 30 heavy (non-hydrogen) atoms. The SMILES string of the molecule is CCOc1cc(/C=N\NC(=O)c2ccccc2N)cc(I)c1OCc1ccccc1. The zero-order chi connectivity index (χ0) is 21.3. The molecule has 0 aliphatic heterocycles. The van der Waals surface area contributed by atoms with Crippen molar-refractivity contribution in [1.29, 1.82) is 0 Å². The minimum atomic E-state index is -0.369. The number of halogens is 1. The largest absolute Gasteiger partial charge is 0.490 e. The van der Waals surface area contributed by atoms with Crippen LogP contribution in [0.2, 0.25) is 0 Å². The molecule has 0 aromatic heterocycles. The second-order valence-electron chi connectivity index (χ2n) is 6.32. The summed E-state index contributed by atoms with van der Waals surface area (Å²) in [5, 5.41) is 4.04. The highest BCUT2D eigenvalue weighted by molar-refractivity contribution is 14.1. The molecule has 0 aliphatic rings. The van der Waals surface area contributed by atoms with Crippen molar-refractivity contribution in [3.63, 3.8) is 0 Å². The first-order valence-electron chi connectivity index (χ1n) is 9.39. The maximum atomic E-state index is 12.2. The number of nitrogen functional groups attached to an aromatic ring is 1. The third-order valence-corrected chi connectivity index (χ3v) is 4.94. The monoisotopic (exact) mass is 515 g/mol. The van der Waals surface area contributed by atoms with Gasteiger partial charge in [0.25, 0.3) is 5.91 Å². The summed E-state index contributed by atoms with van der Waals surface area (Å²) in [6, 6.07) is 20.5. The Bertz CT molecular complexity index is 1040. The molecule has 154 valence electrons. The lowest BCUT2D eigenvalue weighted by atomic mass is 10.2. The molecule has 6 nitrogen and oxygen atoms in total. The normalized spacial score (nSPS) is 10.7. The molecule has 0 radical (unpaired) electrons. The summed E-state index contributed by atoms with van der Waals surface area (Å²) in [6.07, 6.45) is 1.56. The molecule has 0 saturated carbocycles. The molecular formula is C23H22IN3O3. The van der Waals surface area contributed by atoms with E-state index in [1.54, 1.807) is 30.5 Å². The molecule has 0 heterocycles. The van der Waals surface area contributed by atoms with Crippen molar-refractivity contribution in [3.8, 4) is 11.5 Å². The van der Waals surface area contributed by atoms with Gasteiger partial charge in [-0.25, -0.2) is 5.43 Å². The molecular weight excluding hydrogens is 493 g/mol. The Balaban J connectivity index is 1.73. The number of hydrazone groups is 1. The Labute approximate surface area is 189 Å². The van der Waals surface area contributed by atoms with Gasteiger partial charge in [-0.05, 0) is 64.9 Å². The van der Waals surface area contributed by atoms with Gasteiger partial charge in [-0.1, -0.05) is 42.5 Å². The van der Waals surface area contributed by atoms with E-state index in [1.807, 2.05) is 49.4 Å². The van der Waals surface area contributed by atoms with Crippen LogP contribution in [0.1, 0.15) is 28.4 Å². The highest BCUT2D eigenvalue weighted by atomic mass is 127. The molecule has 3 rings (SSSR count). The number of nitrogens with one attached hydrogen (secondary N) is 1. The van der Waals surface area contributed by atoms with E-state index < -0.39 is 0 Å². The van der Waals surface area contributed by atoms with E-state index in [0.717, 1.165) is 14.7 Å². The van der Waals surface area contributed by atoms with Crippen LogP contribution in [-0.2, 0) is 6.61 Å². The molecule has 7 heteroatoms. The summed E-state index contributed by atoms with van der Waals surface area (Å²) in [7, 11) is 0. The van der Waals surface area contributed by atoms with E-state index in [2.05, 4.69) is 33.1 Å². The average molecular weight is 515 g/mol. The third-order valence-electron chi connectivity index (χ3n) is 4.14. The number of anilines is 1. The molecule has 0 spiro atoms. The van der Waals surface area contributed by atoms with E-state index >= 15 is 0 Å². The summed E-state index contributed by atoms with van der Waals surface area (Å²) < 4.78 is 12.7. The van der Waals surface area contributed by atoms with Crippen LogP contribution in [0.5, 0.6) is 11.5 Å². The molecule has 3 aromatic rings. The fraction of sp³-hybridized carbons (Fsp3) is 0.130. The summed E-state index contributed by atoms with van der Waals surface area (Å²) in [5.74, 6) is 0.937. The molecule has 0 saturated heterocycles. The molecule has 3 N–H and O–H groups in total. The minimum Gasteiger partial charge on any atom is -0.490 e. The second-order valence-corrected chi connectivity index (χ2v) is 7.49. The van der Waals surface area contributed by atoms with Crippen molar-refractivity contribution >= 4 is 40.4 Å². The number of carbonyl (C=O) groups is 1. The van der Waals surface area contributed by atoms with Gasteiger partial charge in [0.15, 0.2) is 11.5 Å². The number of nitrogens with zero attached hydrogens (tertiary/aromatic N) is 1. The standard InChI is InChI=1S/C23H22IN3O3/c1-2-29-21-13-17(14-26-27-23(28)18-10-6-7-11-20(18)25)12-19(24)22(21)30-15-16-8-4-3-5-9-16/h3-14H,2,15,25H2,1H3,(H,27,28)/b26-14-. The molecule has 1 amide bonds. The average Bonchev–Trinajstić information content (AvgIpc) is 2.74. The van der Waals surface area contributed by atoms with Crippen LogP contribution in [-0.4, -0.2) is 18.7 Å². The first-order valence-corrected chi connectivity index (χ1v) is 10.5. The van der Waals surface area contributed by atoms with Crippen LogP contribution in [0, 0.1) is 3.57 Å². The Morgan fingerprint density at radius 1 is 1.10 bits per heavy atom. The van der Waals surface area contributed by atoms with Gasteiger partial charge in [0, 0.05) is 5.69 Å². The number of carbonyl (C=O) groups excluding carboxylic acids is 1. The van der Waals surface area contributed by atoms with Crippen LogP contribution < -0.4 is 20.6 Å². The molecule has 0 atom stereocenters. The first kappa shape index (κ1) is 21.6. The van der Waals surface area contributed by atoms with E-state index in [9.17, 15) is 4.79 Å². The van der Waals surface area contributed by atoms with E-state index in [1.165, 1.54) is 0 Å². The van der Waals surface area contributed by atoms with Gasteiger partial charge in [-0.2, -0.15) is 5.10 Å². The predicted molar refractivity (Wildman–Crippen MR) is 127 cm³/mol. The lowest BCUT2D eigenvalue weighted by Crippen LogP contribution is -2.19. The smallest absolute Gasteiger partial charge is 0.273 e. The Hall–Kier alpha value is -3.07. The summed E-state index contributed by atoms with van der Waals surface area (Å²) >= 11 is 2.20. The number of benzene rings is 3. The maximum absolute atomic E-state index is 12.2. The van der Waals surface area contributed by atoms with Crippen LogP contribution in [0.25, 0.3) is 0 Å². The van der Waals surface area contributed by atoms with Gasteiger partial charge in [-0.3, -0.25) is 4.79 Å². The first-order chi connectivity index (χ1) is 14.6. The Morgan fingerprint density at radius 3 is 2.57 bits per heavy atom. The van der Waals surface area contributed by atoms with Crippen molar-refractivity contribution in [2.45, 2.75) is 13.5 Å². The zero-order valence-corrected chi connectivity index (χ0v) is 18.6. The number of hydrogen-bond donors (Lipinski definition) is 2. The number of para-hydroxylation sites is 1. The Morgan fingerprint density at radius 2 is 1.83 bits per heavy atom. The van der Waals surface area contributed by atoms with Gasteiger partial charge >= 0.3 is 0 Å². The molecule has 3 aromatic carbocycles. The summed E-state index contributed by atoms with van der Waals surface area (Å²) in [5.41, 5.74) is 10.9. The van der Waals surface area contributed by atoms with Crippen LogP contribution in [0.4, 0.5) is 5.69 Å². The molecule has 0 bridgehead atoms. The lowest BCUT2D eigenvalue weighted by Gasteiger charge is -2.14. The molecule has 0 fully saturated rings. The van der Waals surface area contributed by atoms with Gasteiger partial charge in [0.05, 0.1) is 22.0 Å². The Kier molecular flexibility index (Phi) is 7.67. The topological polar surface area (TPSA) is 85.9 Å². The predicted octanol–water partition coefficient (Wildman–Crippen LogP) is 4.62. The highest BCUT2D eigenvalue weighted by Crippen LogP contribution is 2.34. The van der Waals surface area contributed by atoms with E-state index in [0.29, 0.717) is 36.0 Å². The van der Waals surface area contributed by atoms with Crippen LogP contribution in [0.3, 0.4) is 0 Å². The second kappa shape index (κ2) is 10.6. The van der Waals surface area contributed by atoms with Gasteiger partial charge in [-0.15, -0.1) is 0 Å². The third kappa shape index (κ3) is 5.73. The fourth-order valence-corrected chi connectivity index (χ4v) is 3.51. The quantitative estimate of drug-likeness (QED) is 0.199. The van der Waals surface area contributed by atoms with Crippen LogP contribution in [0.15, 0.2) is 71.8 Å². The number of ether oxygens (including phenoxy) is 2. The number of nitrogens with two attached hydrogens (primary N) is 1. The number of amides is 1. The highest BCUT2D eigenvalue weighted by Gasteiger charge is 2.12. The van der Waals surface area contributed by atoms with Gasteiger partial charge < -0.3 is 15.2 Å². The number of rotatable bonds is 8. The maximum Gasteiger partial charge on any atom is 0.273 e. The zero-order valence-electron chi connectivity index (χ0n) is 16.5. The fourth-order valence-electron chi connectivity index (χ4n) is 2.72. The van der Waals surface area contributed by atoms with Gasteiger partial charge in [0.1, 0.15) is 6.61 Å². The van der Waals surface area contributed by atoms with E-state index in [4.69, 9.17) is 15.2 Å². The van der Waals surface area contributed by atoms with Crippen molar-refractivity contribution in [3.05, 3.63) is 87.0 Å².